The lowest BCUT2D eigenvalue weighted by Gasteiger charge is -2.09. The van der Waals surface area contributed by atoms with Gasteiger partial charge in [-0.15, -0.1) is 0 Å². The van der Waals surface area contributed by atoms with Gasteiger partial charge in [-0.05, 0) is 36.4 Å². The maximum atomic E-state index is 13.1. The van der Waals surface area contributed by atoms with Crippen molar-refractivity contribution in [2.75, 3.05) is 25.6 Å². The number of rotatable bonds is 8. The second-order valence-corrected chi connectivity index (χ2v) is 5.23. The van der Waals surface area contributed by atoms with E-state index < -0.39 is 29.9 Å². The summed E-state index contributed by atoms with van der Waals surface area (Å²) < 4.78 is 36.3. The third kappa shape index (κ3) is 6.04. The topological polar surface area (TPSA) is 76.7 Å². The number of hydrogen-bond donors (Lipinski definition) is 2. The summed E-state index contributed by atoms with van der Waals surface area (Å²) in [6.07, 6.45) is -0.443. The van der Waals surface area contributed by atoms with E-state index in [-0.39, 0.29) is 18.8 Å². The molecule has 0 radical (unpaired) electrons. The Hall–Kier alpha value is -3.16. The highest BCUT2D eigenvalue weighted by atomic mass is 19.2. The van der Waals surface area contributed by atoms with Crippen molar-refractivity contribution in [1.29, 1.82) is 0 Å². The van der Waals surface area contributed by atoms with Crippen LogP contribution in [0.5, 0.6) is 11.5 Å². The van der Waals surface area contributed by atoms with Gasteiger partial charge < -0.3 is 20.1 Å². The molecule has 2 aromatic rings. The van der Waals surface area contributed by atoms with Gasteiger partial charge in [-0.2, -0.15) is 0 Å². The SMILES string of the molecule is COc1ccc(OCCNC(=O)CC(=O)Nc2ccc(F)c(F)c2)cc1. The van der Waals surface area contributed by atoms with Crippen molar-refractivity contribution in [1.82, 2.24) is 5.32 Å². The Morgan fingerprint density at radius 1 is 0.962 bits per heavy atom. The number of ether oxygens (including phenoxy) is 2. The Balaban J connectivity index is 1.67. The molecular formula is C18H18F2N2O4. The van der Waals surface area contributed by atoms with E-state index in [4.69, 9.17) is 9.47 Å². The lowest BCUT2D eigenvalue weighted by molar-refractivity contribution is -0.126. The lowest BCUT2D eigenvalue weighted by Crippen LogP contribution is -2.31. The standard InChI is InChI=1S/C18H18F2N2O4/c1-25-13-3-5-14(6-4-13)26-9-8-21-17(23)11-18(24)22-12-2-7-15(19)16(20)10-12/h2-7,10H,8-9,11H2,1H3,(H,21,23)(H,22,24). The molecule has 0 aliphatic rings. The number of hydrogen-bond acceptors (Lipinski definition) is 4. The van der Waals surface area contributed by atoms with Crippen molar-refractivity contribution in [2.45, 2.75) is 6.42 Å². The van der Waals surface area contributed by atoms with Crippen LogP contribution in [0.15, 0.2) is 42.5 Å². The van der Waals surface area contributed by atoms with Gasteiger partial charge in [-0.3, -0.25) is 9.59 Å². The summed E-state index contributed by atoms with van der Waals surface area (Å²) in [6, 6.07) is 9.89. The number of carbonyl (C=O) groups is 2. The van der Waals surface area contributed by atoms with E-state index in [0.717, 1.165) is 12.1 Å². The molecule has 2 amide bonds. The predicted octanol–water partition coefficient (Wildman–Crippen LogP) is 2.50. The molecule has 0 aliphatic carbocycles. The Kier molecular flexibility index (Phi) is 6.90. The lowest BCUT2D eigenvalue weighted by atomic mass is 10.3. The van der Waals surface area contributed by atoms with Crippen LogP contribution in [-0.4, -0.2) is 32.1 Å². The number of anilines is 1. The molecule has 138 valence electrons. The number of carbonyl (C=O) groups excluding carboxylic acids is 2. The van der Waals surface area contributed by atoms with E-state index in [9.17, 15) is 18.4 Å². The van der Waals surface area contributed by atoms with Gasteiger partial charge in [0.25, 0.3) is 0 Å². The molecule has 0 aromatic heterocycles. The maximum Gasteiger partial charge on any atom is 0.233 e. The summed E-state index contributed by atoms with van der Waals surface area (Å²) in [4.78, 5) is 23.4. The minimum atomic E-state index is -1.08. The second kappa shape index (κ2) is 9.36. The molecule has 0 heterocycles. The summed E-state index contributed by atoms with van der Waals surface area (Å²) in [6.45, 7) is 0.437. The van der Waals surface area contributed by atoms with Gasteiger partial charge in [0.15, 0.2) is 11.6 Å². The number of halogens is 2. The van der Waals surface area contributed by atoms with Crippen LogP contribution >= 0.6 is 0 Å². The molecule has 26 heavy (non-hydrogen) atoms. The molecule has 0 fully saturated rings. The quantitative estimate of drug-likeness (QED) is 0.557. The van der Waals surface area contributed by atoms with Gasteiger partial charge in [0, 0.05) is 11.8 Å². The first kappa shape index (κ1) is 19.2. The van der Waals surface area contributed by atoms with E-state index >= 15 is 0 Å². The highest BCUT2D eigenvalue weighted by Crippen LogP contribution is 2.16. The van der Waals surface area contributed by atoms with Crippen LogP contribution in [0.25, 0.3) is 0 Å². The van der Waals surface area contributed by atoms with Crippen LogP contribution < -0.4 is 20.1 Å². The zero-order valence-electron chi connectivity index (χ0n) is 14.1. The molecule has 0 atom stereocenters. The van der Waals surface area contributed by atoms with Crippen LogP contribution in [0.1, 0.15) is 6.42 Å². The molecule has 2 N–H and O–H groups in total. The molecule has 2 rings (SSSR count). The molecule has 0 saturated carbocycles. The molecule has 0 bridgehead atoms. The van der Waals surface area contributed by atoms with E-state index in [1.807, 2.05) is 0 Å². The van der Waals surface area contributed by atoms with Crippen molar-refractivity contribution >= 4 is 17.5 Å². The average Bonchev–Trinajstić information content (AvgIpc) is 2.62. The van der Waals surface area contributed by atoms with Gasteiger partial charge in [0.05, 0.1) is 13.7 Å². The van der Waals surface area contributed by atoms with Crippen molar-refractivity contribution in [3.05, 3.63) is 54.1 Å². The monoisotopic (exact) mass is 364 g/mol. The van der Waals surface area contributed by atoms with E-state index in [1.165, 1.54) is 6.07 Å². The molecular weight excluding hydrogens is 346 g/mol. The molecule has 6 nitrogen and oxygen atoms in total. The summed E-state index contributed by atoms with van der Waals surface area (Å²) in [5.74, 6) is -1.91. The van der Waals surface area contributed by atoms with Crippen molar-refractivity contribution in [2.24, 2.45) is 0 Å². The van der Waals surface area contributed by atoms with Crippen LogP contribution in [0.2, 0.25) is 0 Å². The Morgan fingerprint density at radius 2 is 1.65 bits per heavy atom. The van der Waals surface area contributed by atoms with Gasteiger partial charge in [0.1, 0.15) is 24.5 Å². The highest BCUT2D eigenvalue weighted by molar-refractivity contribution is 6.03. The fraction of sp³-hybridized carbons (Fsp3) is 0.222. The van der Waals surface area contributed by atoms with Crippen LogP contribution in [0.3, 0.4) is 0 Å². The zero-order valence-corrected chi connectivity index (χ0v) is 14.1. The molecule has 8 heteroatoms. The Labute approximate surface area is 149 Å². The summed E-state index contributed by atoms with van der Waals surface area (Å²) >= 11 is 0. The number of benzene rings is 2. The first-order chi connectivity index (χ1) is 12.5. The number of nitrogens with one attached hydrogen (secondary N) is 2. The minimum absolute atomic E-state index is 0.0736. The molecule has 0 saturated heterocycles. The van der Waals surface area contributed by atoms with Gasteiger partial charge in [-0.1, -0.05) is 0 Å². The van der Waals surface area contributed by atoms with Crippen molar-refractivity contribution in [3.8, 4) is 11.5 Å². The summed E-state index contributed by atoms with van der Waals surface area (Å²) in [5, 5.41) is 4.85. The molecule has 0 spiro atoms. The summed E-state index contributed by atoms with van der Waals surface area (Å²) in [7, 11) is 1.56. The third-order valence-corrected chi connectivity index (χ3v) is 3.28. The van der Waals surface area contributed by atoms with Crippen LogP contribution in [0.4, 0.5) is 14.5 Å². The van der Waals surface area contributed by atoms with Crippen LogP contribution in [0, 0.1) is 11.6 Å². The highest BCUT2D eigenvalue weighted by Gasteiger charge is 2.10. The molecule has 2 aromatic carbocycles. The van der Waals surface area contributed by atoms with Gasteiger partial charge in [0.2, 0.25) is 11.8 Å². The fourth-order valence-electron chi connectivity index (χ4n) is 2.02. The Morgan fingerprint density at radius 3 is 2.31 bits per heavy atom. The number of methoxy groups -OCH3 is 1. The zero-order chi connectivity index (χ0) is 18.9. The first-order valence-corrected chi connectivity index (χ1v) is 7.76. The molecule has 0 unspecified atom stereocenters. The Bertz CT molecular complexity index is 766. The summed E-state index contributed by atoms with van der Waals surface area (Å²) in [5.41, 5.74) is 0.0736. The predicted molar refractivity (Wildman–Crippen MR) is 91.1 cm³/mol. The fourth-order valence-corrected chi connectivity index (χ4v) is 2.02. The normalized spacial score (nSPS) is 10.1. The second-order valence-electron chi connectivity index (χ2n) is 5.23. The number of amides is 2. The van der Waals surface area contributed by atoms with Gasteiger partial charge >= 0.3 is 0 Å². The smallest absolute Gasteiger partial charge is 0.233 e. The average molecular weight is 364 g/mol. The van der Waals surface area contributed by atoms with E-state index in [2.05, 4.69) is 10.6 Å². The first-order valence-electron chi connectivity index (χ1n) is 7.76. The van der Waals surface area contributed by atoms with Crippen molar-refractivity contribution < 1.29 is 27.8 Å². The van der Waals surface area contributed by atoms with Crippen LogP contribution in [-0.2, 0) is 9.59 Å². The van der Waals surface area contributed by atoms with E-state index in [1.54, 1.807) is 31.4 Å². The van der Waals surface area contributed by atoms with Gasteiger partial charge in [-0.25, -0.2) is 8.78 Å². The van der Waals surface area contributed by atoms with Crippen molar-refractivity contribution in [3.63, 3.8) is 0 Å². The largest absolute Gasteiger partial charge is 0.497 e. The third-order valence-electron chi connectivity index (χ3n) is 3.28. The molecule has 0 aliphatic heterocycles. The maximum absolute atomic E-state index is 13.1. The minimum Gasteiger partial charge on any atom is -0.497 e. The van der Waals surface area contributed by atoms with E-state index in [0.29, 0.717) is 11.5 Å².